The number of rotatable bonds is 4. The highest BCUT2D eigenvalue weighted by Gasteiger charge is 2.18. The van der Waals surface area contributed by atoms with Gasteiger partial charge in [0.1, 0.15) is 5.82 Å². The highest BCUT2D eigenvalue weighted by Crippen LogP contribution is 2.21. The van der Waals surface area contributed by atoms with E-state index in [4.69, 9.17) is 5.73 Å². The lowest BCUT2D eigenvalue weighted by Gasteiger charge is -2.11. The van der Waals surface area contributed by atoms with Gasteiger partial charge in [0.25, 0.3) is 11.8 Å². The first kappa shape index (κ1) is 17.3. The van der Waals surface area contributed by atoms with Crippen molar-refractivity contribution >= 4 is 17.5 Å². The molecule has 0 saturated carbocycles. The molecule has 1 heterocycles. The van der Waals surface area contributed by atoms with Gasteiger partial charge in [-0.05, 0) is 49.7 Å². The Morgan fingerprint density at radius 3 is 2.46 bits per heavy atom. The summed E-state index contributed by atoms with van der Waals surface area (Å²) in [6.07, 6.45) is 1.42. The van der Waals surface area contributed by atoms with Gasteiger partial charge < -0.3 is 11.1 Å². The third-order valence-electron chi connectivity index (χ3n) is 4.09. The van der Waals surface area contributed by atoms with Crippen LogP contribution in [0.25, 0.3) is 5.69 Å². The molecular weight excluding hydrogens is 335 g/mol. The van der Waals surface area contributed by atoms with Crippen LogP contribution in [-0.4, -0.2) is 21.6 Å². The smallest absolute Gasteiger partial charge is 0.259 e. The van der Waals surface area contributed by atoms with Gasteiger partial charge in [0.2, 0.25) is 0 Å². The molecule has 0 saturated heterocycles. The number of anilines is 1. The normalized spacial score (nSPS) is 10.6. The average Bonchev–Trinajstić information content (AvgIpc) is 2.97. The van der Waals surface area contributed by atoms with Crippen LogP contribution in [0.1, 0.15) is 32.0 Å². The zero-order valence-electron chi connectivity index (χ0n) is 14.3. The van der Waals surface area contributed by atoms with E-state index in [0.29, 0.717) is 28.2 Å². The molecule has 3 N–H and O–H groups in total. The minimum absolute atomic E-state index is 0.268. The number of carbonyl (C=O) groups is 2. The number of nitrogens with one attached hydrogen (secondary N) is 1. The fourth-order valence-corrected chi connectivity index (χ4v) is 2.76. The Morgan fingerprint density at radius 1 is 1.12 bits per heavy atom. The summed E-state index contributed by atoms with van der Waals surface area (Å²) in [4.78, 5) is 24.3. The van der Waals surface area contributed by atoms with Crippen LogP contribution < -0.4 is 11.1 Å². The second kappa shape index (κ2) is 6.79. The number of benzene rings is 2. The van der Waals surface area contributed by atoms with Gasteiger partial charge in [-0.15, -0.1) is 0 Å². The molecule has 6 nitrogen and oxygen atoms in total. The van der Waals surface area contributed by atoms with E-state index >= 15 is 0 Å². The zero-order valence-corrected chi connectivity index (χ0v) is 14.3. The number of amides is 2. The highest BCUT2D eigenvalue weighted by atomic mass is 19.1. The van der Waals surface area contributed by atoms with Crippen LogP contribution >= 0.6 is 0 Å². The quantitative estimate of drug-likeness (QED) is 0.756. The lowest BCUT2D eigenvalue weighted by Crippen LogP contribution is -2.19. The molecule has 2 aromatic carbocycles. The minimum Gasteiger partial charge on any atom is -0.366 e. The second-order valence-electron chi connectivity index (χ2n) is 5.85. The standard InChI is InChI=1S/C19H17FN4O2/c1-11-4-3-5-16(17(11)18(21)25)23-19(26)15-10-22-24(12(15)2)14-8-6-13(20)7-9-14/h3-10H,1-2H3,(H2,21,25)(H,23,26). The second-order valence-corrected chi connectivity index (χ2v) is 5.85. The molecule has 0 aliphatic heterocycles. The Morgan fingerprint density at radius 2 is 1.81 bits per heavy atom. The summed E-state index contributed by atoms with van der Waals surface area (Å²) in [7, 11) is 0. The van der Waals surface area contributed by atoms with Crippen molar-refractivity contribution in [2.75, 3.05) is 5.32 Å². The molecule has 7 heteroatoms. The third kappa shape index (κ3) is 3.19. The van der Waals surface area contributed by atoms with Crippen LogP contribution in [0.4, 0.5) is 10.1 Å². The van der Waals surface area contributed by atoms with Crippen LogP contribution in [0.15, 0.2) is 48.7 Å². The molecule has 1 aromatic heterocycles. The van der Waals surface area contributed by atoms with Crippen molar-refractivity contribution in [3.63, 3.8) is 0 Å². The summed E-state index contributed by atoms with van der Waals surface area (Å²) in [5, 5.41) is 6.91. The molecule has 0 aliphatic rings. The van der Waals surface area contributed by atoms with E-state index in [2.05, 4.69) is 10.4 Å². The van der Waals surface area contributed by atoms with Crippen LogP contribution in [-0.2, 0) is 0 Å². The molecule has 3 rings (SSSR count). The number of hydrogen-bond acceptors (Lipinski definition) is 3. The Kier molecular flexibility index (Phi) is 4.53. The van der Waals surface area contributed by atoms with E-state index in [-0.39, 0.29) is 11.4 Å². The summed E-state index contributed by atoms with van der Waals surface area (Å²) < 4.78 is 14.6. The summed E-state index contributed by atoms with van der Waals surface area (Å²) in [6, 6.07) is 10.9. The Balaban J connectivity index is 1.92. The van der Waals surface area contributed by atoms with Gasteiger partial charge in [-0.1, -0.05) is 12.1 Å². The van der Waals surface area contributed by atoms with E-state index in [1.165, 1.54) is 18.3 Å². The first-order valence-corrected chi connectivity index (χ1v) is 7.90. The van der Waals surface area contributed by atoms with E-state index in [1.54, 1.807) is 48.9 Å². The number of aryl methyl sites for hydroxylation is 1. The van der Waals surface area contributed by atoms with Gasteiger partial charge in [-0.2, -0.15) is 5.10 Å². The van der Waals surface area contributed by atoms with Crippen molar-refractivity contribution in [1.29, 1.82) is 0 Å². The van der Waals surface area contributed by atoms with Gasteiger partial charge in [0.05, 0.1) is 34.4 Å². The number of nitrogens with zero attached hydrogens (tertiary/aromatic N) is 2. The first-order chi connectivity index (χ1) is 12.4. The molecular formula is C19H17FN4O2. The Hall–Kier alpha value is -3.48. The predicted molar refractivity (Wildman–Crippen MR) is 95.9 cm³/mol. The van der Waals surface area contributed by atoms with Gasteiger partial charge in [-0.3, -0.25) is 9.59 Å². The maximum Gasteiger partial charge on any atom is 0.259 e. The fraction of sp³-hybridized carbons (Fsp3) is 0.105. The number of hydrogen-bond donors (Lipinski definition) is 2. The van der Waals surface area contributed by atoms with Gasteiger partial charge >= 0.3 is 0 Å². The molecule has 0 aliphatic carbocycles. The summed E-state index contributed by atoms with van der Waals surface area (Å²) in [6.45, 7) is 3.48. The highest BCUT2D eigenvalue weighted by molar-refractivity contribution is 6.09. The van der Waals surface area contributed by atoms with E-state index in [0.717, 1.165) is 0 Å². The van der Waals surface area contributed by atoms with Crippen LogP contribution in [0.2, 0.25) is 0 Å². The molecule has 0 bridgehead atoms. The average molecular weight is 352 g/mol. The molecule has 26 heavy (non-hydrogen) atoms. The third-order valence-corrected chi connectivity index (χ3v) is 4.09. The number of carbonyl (C=O) groups excluding carboxylic acids is 2. The summed E-state index contributed by atoms with van der Waals surface area (Å²) in [5.41, 5.74) is 8.26. The van der Waals surface area contributed by atoms with Crippen LogP contribution in [0.5, 0.6) is 0 Å². The fourth-order valence-electron chi connectivity index (χ4n) is 2.76. The molecule has 0 radical (unpaired) electrons. The van der Waals surface area contributed by atoms with Crippen LogP contribution in [0, 0.1) is 19.7 Å². The first-order valence-electron chi connectivity index (χ1n) is 7.90. The molecule has 0 spiro atoms. The van der Waals surface area contributed by atoms with Crippen molar-refractivity contribution in [2.24, 2.45) is 5.73 Å². The lowest BCUT2D eigenvalue weighted by molar-refractivity contribution is 0.100. The number of halogens is 1. The SMILES string of the molecule is Cc1cccc(NC(=O)c2cnn(-c3ccc(F)cc3)c2C)c1C(N)=O. The minimum atomic E-state index is -0.614. The summed E-state index contributed by atoms with van der Waals surface area (Å²) in [5.74, 6) is -1.38. The maximum atomic E-state index is 13.1. The molecule has 0 atom stereocenters. The van der Waals surface area contributed by atoms with E-state index in [9.17, 15) is 14.0 Å². The van der Waals surface area contributed by atoms with Gasteiger partial charge in [-0.25, -0.2) is 9.07 Å². The van der Waals surface area contributed by atoms with Crippen molar-refractivity contribution in [2.45, 2.75) is 13.8 Å². The Labute approximate surface area is 149 Å². The zero-order chi connectivity index (χ0) is 18.8. The van der Waals surface area contributed by atoms with Crippen molar-refractivity contribution in [1.82, 2.24) is 9.78 Å². The lowest BCUT2D eigenvalue weighted by atomic mass is 10.1. The van der Waals surface area contributed by atoms with Crippen molar-refractivity contribution < 1.29 is 14.0 Å². The van der Waals surface area contributed by atoms with Gasteiger partial charge in [0.15, 0.2) is 0 Å². The molecule has 0 fully saturated rings. The van der Waals surface area contributed by atoms with Crippen molar-refractivity contribution in [3.8, 4) is 5.69 Å². The van der Waals surface area contributed by atoms with Crippen molar-refractivity contribution in [3.05, 3.63) is 76.9 Å². The summed E-state index contributed by atoms with van der Waals surface area (Å²) >= 11 is 0. The number of aromatic nitrogens is 2. The predicted octanol–water partition coefficient (Wildman–Crippen LogP) is 2.98. The van der Waals surface area contributed by atoms with E-state index < -0.39 is 11.8 Å². The van der Waals surface area contributed by atoms with Gasteiger partial charge in [0, 0.05) is 0 Å². The van der Waals surface area contributed by atoms with Crippen LogP contribution in [0.3, 0.4) is 0 Å². The molecule has 2 amide bonds. The maximum absolute atomic E-state index is 13.1. The molecule has 0 unspecified atom stereocenters. The van der Waals surface area contributed by atoms with E-state index in [1.807, 2.05) is 0 Å². The monoisotopic (exact) mass is 352 g/mol. The Bertz CT molecular complexity index is 993. The largest absolute Gasteiger partial charge is 0.366 e. The number of nitrogens with two attached hydrogens (primary N) is 1. The molecule has 132 valence electrons. The molecule has 3 aromatic rings. The topological polar surface area (TPSA) is 90.0 Å². The number of primary amides is 1.